The summed E-state index contributed by atoms with van der Waals surface area (Å²) in [7, 11) is 2.72. The Hall–Kier alpha value is -4.30. The van der Waals surface area contributed by atoms with Crippen LogP contribution >= 0.6 is 22.9 Å². The van der Waals surface area contributed by atoms with Crippen LogP contribution in [0.3, 0.4) is 0 Å². The van der Waals surface area contributed by atoms with E-state index in [9.17, 15) is 22.8 Å². The van der Waals surface area contributed by atoms with Crippen LogP contribution in [0.5, 0.6) is 11.5 Å². The Balaban J connectivity index is 1.36. The van der Waals surface area contributed by atoms with Crippen molar-refractivity contribution in [1.82, 2.24) is 24.8 Å². The average molecular weight is 605 g/mol. The Bertz CT molecular complexity index is 1660. The van der Waals surface area contributed by atoms with Gasteiger partial charge in [0.1, 0.15) is 22.3 Å². The standard InChI is InChI=1S/C26H20ClF3N6O4S/c1-12-6-13(14-7-21(27)32-9-18(14)40-3)15(8-31-12)23(37)35-25-33-16-10-36(11-19(16)41-25)24(38)22-17(39-2)4-5-20(34-22)26(28,29)30/h4-9H,10-11H2,1-3H3,(H,33,35,37). The van der Waals surface area contributed by atoms with Crippen LogP contribution in [-0.2, 0) is 19.3 Å². The lowest BCUT2D eigenvalue weighted by Gasteiger charge is -2.17. The molecule has 0 aromatic carbocycles. The summed E-state index contributed by atoms with van der Waals surface area (Å²) >= 11 is 7.25. The smallest absolute Gasteiger partial charge is 0.433 e. The quantitative estimate of drug-likeness (QED) is 0.291. The molecule has 1 aliphatic rings. The molecule has 5 rings (SSSR count). The molecule has 0 saturated heterocycles. The zero-order chi connectivity index (χ0) is 29.5. The van der Waals surface area contributed by atoms with Gasteiger partial charge in [0.05, 0.1) is 49.6 Å². The van der Waals surface area contributed by atoms with Gasteiger partial charge in [0.25, 0.3) is 11.8 Å². The number of aryl methyl sites for hydroxylation is 1. The first-order chi connectivity index (χ1) is 19.5. The van der Waals surface area contributed by atoms with Crippen LogP contribution in [0.1, 0.15) is 42.8 Å². The first-order valence-corrected chi connectivity index (χ1v) is 13.1. The van der Waals surface area contributed by atoms with Gasteiger partial charge in [-0.05, 0) is 31.2 Å². The predicted octanol–water partition coefficient (Wildman–Crippen LogP) is 5.40. The van der Waals surface area contributed by atoms with Crippen LogP contribution in [0, 0.1) is 6.92 Å². The highest BCUT2D eigenvalue weighted by molar-refractivity contribution is 7.16. The second-order valence-electron chi connectivity index (χ2n) is 8.83. The van der Waals surface area contributed by atoms with Crippen LogP contribution in [0.25, 0.3) is 11.1 Å². The molecule has 4 aromatic rings. The molecule has 0 saturated carbocycles. The van der Waals surface area contributed by atoms with Crippen molar-refractivity contribution in [2.75, 3.05) is 19.5 Å². The number of nitrogens with zero attached hydrogens (tertiary/aromatic N) is 5. The lowest BCUT2D eigenvalue weighted by atomic mass is 10.0. The molecule has 0 unspecified atom stereocenters. The van der Waals surface area contributed by atoms with Crippen molar-refractivity contribution in [1.29, 1.82) is 0 Å². The highest BCUT2D eigenvalue weighted by Gasteiger charge is 2.36. The summed E-state index contributed by atoms with van der Waals surface area (Å²) in [6.07, 6.45) is -1.83. The summed E-state index contributed by atoms with van der Waals surface area (Å²) in [6, 6.07) is 5.12. The number of rotatable bonds is 6. The third kappa shape index (κ3) is 5.65. The molecule has 0 aliphatic carbocycles. The lowest BCUT2D eigenvalue weighted by Crippen LogP contribution is -2.28. The number of ether oxygens (including phenoxy) is 2. The third-order valence-electron chi connectivity index (χ3n) is 6.16. The molecule has 41 heavy (non-hydrogen) atoms. The van der Waals surface area contributed by atoms with Crippen LogP contribution in [0.2, 0.25) is 5.15 Å². The zero-order valence-electron chi connectivity index (χ0n) is 21.7. The Morgan fingerprint density at radius 1 is 1.02 bits per heavy atom. The van der Waals surface area contributed by atoms with Gasteiger partial charge in [-0.1, -0.05) is 22.9 Å². The number of thiazole rings is 1. The summed E-state index contributed by atoms with van der Waals surface area (Å²) in [5.74, 6) is -0.877. The molecule has 0 fully saturated rings. The Kier molecular flexibility index (Phi) is 7.53. The minimum Gasteiger partial charge on any atom is -0.494 e. The highest BCUT2D eigenvalue weighted by Crippen LogP contribution is 2.36. The van der Waals surface area contributed by atoms with Crippen molar-refractivity contribution < 1.29 is 32.2 Å². The molecule has 1 N–H and O–H groups in total. The second kappa shape index (κ2) is 10.9. The summed E-state index contributed by atoms with van der Waals surface area (Å²) in [4.78, 5) is 44.6. The van der Waals surface area contributed by atoms with Gasteiger partial charge in [0.2, 0.25) is 0 Å². The largest absolute Gasteiger partial charge is 0.494 e. The Labute approximate surface area is 240 Å². The fraction of sp³-hybridized carbons (Fsp3) is 0.231. The van der Waals surface area contributed by atoms with Gasteiger partial charge in [-0.3, -0.25) is 19.9 Å². The minimum atomic E-state index is -4.72. The first-order valence-electron chi connectivity index (χ1n) is 11.9. The normalized spacial score (nSPS) is 12.7. The van der Waals surface area contributed by atoms with Crippen molar-refractivity contribution in [2.24, 2.45) is 0 Å². The number of alkyl halides is 3. The molecule has 1 aliphatic heterocycles. The molecule has 0 bridgehead atoms. The maximum atomic E-state index is 13.3. The topological polar surface area (TPSA) is 119 Å². The van der Waals surface area contributed by atoms with Crippen molar-refractivity contribution >= 4 is 39.9 Å². The molecule has 212 valence electrons. The van der Waals surface area contributed by atoms with E-state index in [0.29, 0.717) is 33.1 Å². The van der Waals surface area contributed by atoms with Crippen LogP contribution in [-0.4, -0.2) is 50.9 Å². The molecule has 0 atom stereocenters. The third-order valence-corrected chi connectivity index (χ3v) is 7.37. The van der Waals surface area contributed by atoms with Crippen molar-refractivity contribution in [3.63, 3.8) is 0 Å². The van der Waals surface area contributed by atoms with Crippen LogP contribution < -0.4 is 14.8 Å². The molecular weight excluding hydrogens is 585 g/mol. The van der Waals surface area contributed by atoms with E-state index in [1.54, 1.807) is 19.1 Å². The van der Waals surface area contributed by atoms with E-state index in [0.717, 1.165) is 23.5 Å². The van der Waals surface area contributed by atoms with Crippen molar-refractivity contribution in [2.45, 2.75) is 26.2 Å². The van der Waals surface area contributed by atoms with Gasteiger partial charge in [0, 0.05) is 23.0 Å². The number of methoxy groups -OCH3 is 2. The Morgan fingerprint density at radius 2 is 1.78 bits per heavy atom. The number of aromatic nitrogens is 4. The molecule has 0 radical (unpaired) electrons. The molecule has 4 aromatic heterocycles. The summed E-state index contributed by atoms with van der Waals surface area (Å²) in [6.45, 7) is 1.88. The monoisotopic (exact) mass is 604 g/mol. The van der Waals surface area contributed by atoms with Gasteiger partial charge in [-0.2, -0.15) is 13.2 Å². The van der Waals surface area contributed by atoms with E-state index < -0.39 is 29.4 Å². The second-order valence-corrected chi connectivity index (χ2v) is 10.3. The Morgan fingerprint density at radius 3 is 2.46 bits per heavy atom. The number of amides is 2. The average Bonchev–Trinajstić information content (AvgIpc) is 3.50. The van der Waals surface area contributed by atoms with Gasteiger partial charge in [-0.25, -0.2) is 15.0 Å². The molecular formula is C26H20ClF3N6O4S. The fourth-order valence-electron chi connectivity index (χ4n) is 4.23. The molecule has 10 nitrogen and oxygen atoms in total. The van der Waals surface area contributed by atoms with Crippen LogP contribution in [0.4, 0.5) is 18.3 Å². The number of hydrogen-bond donors (Lipinski definition) is 1. The number of pyridine rings is 3. The maximum Gasteiger partial charge on any atom is 0.433 e. The number of nitrogens with one attached hydrogen (secondary N) is 1. The van der Waals surface area contributed by atoms with E-state index in [-0.39, 0.29) is 34.7 Å². The zero-order valence-corrected chi connectivity index (χ0v) is 23.2. The summed E-state index contributed by atoms with van der Waals surface area (Å²) in [5.41, 5.74) is 0.849. The van der Waals surface area contributed by atoms with Crippen LogP contribution in [0.15, 0.2) is 36.7 Å². The number of carbonyl (C=O) groups is 2. The highest BCUT2D eigenvalue weighted by atomic mass is 35.5. The molecule has 2 amide bonds. The minimum absolute atomic E-state index is 0.0195. The fourth-order valence-corrected chi connectivity index (χ4v) is 5.37. The summed E-state index contributed by atoms with van der Waals surface area (Å²) < 4.78 is 50.0. The number of halogens is 4. The first kappa shape index (κ1) is 28.2. The van der Waals surface area contributed by atoms with Gasteiger partial charge >= 0.3 is 6.18 Å². The van der Waals surface area contributed by atoms with Gasteiger partial charge < -0.3 is 14.4 Å². The van der Waals surface area contributed by atoms with Crippen molar-refractivity contribution in [3.05, 3.63) is 75.0 Å². The van der Waals surface area contributed by atoms with E-state index in [1.807, 2.05) is 0 Å². The summed E-state index contributed by atoms with van der Waals surface area (Å²) in [5, 5.41) is 3.27. The maximum absolute atomic E-state index is 13.3. The molecule has 15 heteroatoms. The van der Waals surface area contributed by atoms with Gasteiger partial charge in [-0.15, -0.1) is 0 Å². The van der Waals surface area contributed by atoms with E-state index >= 15 is 0 Å². The number of carbonyl (C=O) groups excluding carboxylic acids is 2. The van der Waals surface area contributed by atoms with Gasteiger partial charge in [0.15, 0.2) is 10.8 Å². The van der Waals surface area contributed by atoms with E-state index in [1.165, 1.54) is 31.5 Å². The van der Waals surface area contributed by atoms with E-state index in [2.05, 4.69) is 25.3 Å². The number of fused-ring (bicyclic) bond motifs is 1. The van der Waals surface area contributed by atoms with Crippen molar-refractivity contribution in [3.8, 4) is 22.6 Å². The number of hydrogen-bond acceptors (Lipinski definition) is 9. The predicted molar refractivity (Wildman–Crippen MR) is 143 cm³/mol. The SMILES string of the molecule is COc1cnc(Cl)cc1-c1cc(C)ncc1C(=O)Nc1nc2c(s1)CN(C(=O)c1nc(C(F)(F)F)ccc1OC)C2. The lowest BCUT2D eigenvalue weighted by molar-refractivity contribution is -0.141. The van der Waals surface area contributed by atoms with E-state index in [4.69, 9.17) is 21.1 Å². The molecule has 0 spiro atoms. The number of anilines is 1. The molecule has 5 heterocycles.